The topological polar surface area (TPSA) is 57.7 Å². The summed E-state index contributed by atoms with van der Waals surface area (Å²) >= 11 is 0. The van der Waals surface area contributed by atoms with Gasteiger partial charge in [0.15, 0.2) is 0 Å². The summed E-state index contributed by atoms with van der Waals surface area (Å²) in [7, 11) is -3.29. The van der Waals surface area contributed by atoms with Crippen LogP contribution < -0.4 is 4.31 Å². The highest BCUT2D eigenvalue weighted by Gasteiger charge is 2.28. The summed E-state index contributed by atoms with van der Waals surface area (Å²) in [5.41, 5.74) is 3.30. The number of hydrogen-bond acceptors (Lipinski definition) is 3. The van der Waals surface area contributed by atoms with E-state index in [4.69, 9.17) is 0 Å². The number of carbonyl (C=O) groups is 1. The molecule has 0 bridgehead atoms. The van der Waals surface area contributed by atoms with Crippen molar-refractivity contribution < 1.29 is 13.2 Å². The molecule has 3 rings (SSSR count). The number of anilines is 1. The Bertz CT molecular complexity index is 926. The van der Waals surface area contributed by atoms with Crippen molar-refractivity contribution in [3.05, 3.63) is 65.2 Å². The predicted octanol–water partition coefficient (Wildman–Crippen LogP) is 3.45. The van der Waals surface area contributed by atoms with Gasteiger partial charge in [0.25, 0.3) is 5.91 Å². The van der Waals surface area contributed by atoms with E-state index < -0.39 is 10.0 Å². The van der Waals surface area contributed by atoms with Gasteiger partial charge in [-0.15, -0.1) is 0 Å². The second-order valence-electron chi connectivity index (χ2n) is 7.10. The molecule has 1 atom stereocenters. The molecule has 0 radical (unpaired) electrons. The number of rotatable bonds is 6. The van der Waals surface area contributed by atoms with Gasteiger partial charge >= 0.3 is 0 Å². The highest BCUT2D eigenvalue weighted by atomic mass is 32.2. The Kier molecular flexibility index (Phi) is 5.56. The predicted molar refractivity (Wildman–Crippen MR) is 108 cm³/mol. The largest absolute Gasteiger partial charge is 0.332 e. The molecule has 1 amide bonds. The lowest BCUT2D eigenvalue weighted by molar-refractivity contribution is 0.0671. The molecule has 144 valence electrons. The zero-order chi connectivity index (χ0) is 19.6. The summed E-state index contributed by atoms with van der Waals surface area (Å²) in [5.74, 6) is -0.0196. The van der Waals surface area contributed by atoms with Crippen molar-refractivity contribution in [2.75, 3.05) is 17.1 Å². The highest BCUT2D eigenvalue weighted by Crippen LogP contribution is 2.31. The normalized spacial score (nSPS) is 14.7. The van der Waals surface area contributed by atoms with Crippen molar-refractivity contribution in [2.24, 2.45) is 0 Å². The van der Waals surface area contributed by atoms with Gasteiger partial charge in [-0.1, -0.05) is 37.3 Å². The number of hydrogen-bond donors (Lipinski definition) is 0. The van der Waals surface area contributed by atoms with Crippen molar-refractivity contribution in [1.82, 2.24) is 4.90 Å². The molecular weight excluding hydrogens is 360 g/mol. The molecule has 0 fully saturated rings. The molecule has 0 saturated carbocycles. The summed E-state index contributed by atoms with van der Waals surface area (Å²) in [4.78, 5) is 15.1. The molecular formula is C21H26N2O3S. The Balaban J connectivity index is 1.89. The van der Waals surface area contributed by atoms with Crippen molar-refractivity contribution in [2.45, 2.75) is 39.3 Å². The molecule has 5 nitrogen and oxygen atoms in total. The molecule has 6 heteroatoms. The first-order valence-corrected chi connectivity index (χ1v) is 11.1. The van der Waals surface area contributed by atoms with Crippen LogP contribution in [0.5, 0.6) is 0 Å². The first kappa shape index (κ1) is 19.4. The smallest absolute Gasteiger partial charge is 0.254 e. The van der Waals surface area contributed by atoms with Crippen LogP contribution in [0.3, 0.4) is 0 Å². The Morgan fingerprint density at radius 3 is 2.52 bits per heavy atom. The van der Waals surface area contributed by atoms with E-state index in [1.165, 1.54) is 10.6 Å². The summed E-state index contributed by atoms with van der Waals surface area (Å²) in [5, 5.41) is 0. The van der Waals surface area contributed by atoms with E-state index in [1.807, 2.05) is 41.3 Å². The Hall–Kier alpha value is -2.34. The number of sulfonamides is 1. The van der Waals surface area contributed by atoms with E-state index in [-0.39, 0.29) is 11.9 Å². The van der Waals surface area contributed by atoms with E-state index >= 15 is 0 Å². The Morgan fingerprint density at radius 1 is 1.19 bits per heavy atom. The van der Waals surface area contributed by atoms with Crippen LogP contribution in [0.15, 0.2) is 48.5 Å². The zero-order valence-electron chi connectivity index (χ0n) is 16.1. The van der Waals surface area contributed by atoms with Gasteiger partial charge in [-0.2, -0.15) is 0 Å². The fraction of sp³-hybridized carbons (Fsp3) is 0.381. The zero-order valence-corrected chi connectivity index (χ0v) is 16.9. The van der Waals surface area contributed by atoms with E-state index in [9.17, 15) is 13.2 Å². The third-order valence-corrected chi connectivity index (χ3v) is 6.34. The summed E-state index contributed by atoms with van der Waals surface area (Å²) in [6.07, 6.45) is 2.71. The maximum atomic E-state index is 13.2. The van der Waals surface area contributed by atoms with Crippen LogP contribution >= 0.6 is 0 Å². The van der Waals surface area contributed by atoms with Crippen LogP contribution in [0.2, 0.25) is 0 Å². The average molecular weight is 387 g/mol. The van der Waals surface area contributed by atoms with E-state index in [2.05, 4.69) is 13.8 Å². The third-order valence-electron chi connectivity index (χ3n) is 5.16. The maximum absolute atomic E-state index is 13.2. The van der Waals surface area contributed by atoms with Gasteiger partial charge in [-0.3, -0.25) is 9.10 Å². The van der Waals surface area contributed by atoms with Gasteiger partial charge < -0.3 is 4.90 Å². The van der Waals surface area contributed by atoms with Crippen LogP contribution in [-0.2, 0) is 23.0 Å². The number of fused-ring (bicyclic) bond motifs is 1. The minimum atomic E-state index is -3.29. The number of carbonyl (C=O) groups excluding carboxylic acids is 1. The van der Waals surface area contributed by atoms with Gasteiger partial charge in [0.1, 0.15) is 0 Å². The van der Waals surface area contributed by atoms with Gasteiger partial charge in [0, 0.05) is 24.7 Å². The molecule has 1 unspecified atom stereocenters. The highest BCUT2D eigenvalue weighted by molar-refractivity contribution is 7.92. The maximum Gasteiger partial charge on any atom is 0.254 e. The fourth-order valence-electron chi connectivity index (χ4n) is 3.44. The van der Waals surface area contributed by atoms with Crippen molar-refractivity contribution in [3.63, 3.8) is 0 Å². The van der Waals surface area contributed by atoms with Gasteiger partial charge in [0.2, 0.25) is 10.0 Å². The van der Waals surface area contributed by atoms with Gasteiger partial charge in [-0.25, -0.2) is 8.42 Å². The van der Waals surface area contributed by atoms with Crippen molar-refractivity contribution >= 4 is 21.6 Å². The summed E-state index contributed by atoms with van der Waals surface area (Å²) in [6, 6.07) is 15.4. The van der Waals surface area contributed by atoms with Crippen LogP contribution in [-0.4, -0.2) is 38.1 Å². The van der Waals surface area contributed by atoms with Gasteiger partial charge in [-0.05, 0) is 49.1 Å². The molecule has 0 aromatic heterocycles. The lowest BCUT2D eigenvalue weighted by atomic mass is 10.1. The van der Waals surface area contributed by atoms with E-state index in [0.29, 0.717) is 30.8 Å². The lowest BCUT2D eigenvalue weighted by Crippen LogP contribution is -2.37. The quantitative estimate of drug-likeness (QED) is 0.764. The molecule has 0 saturated heterocycles. The Morgan fingerprint density at radius 2 is 1.89 bits per heavy atom. The number of benzene rings is 2. The summed E-state index contributed by atoms with van der Waals surface area (Å²) < 4.78 is 25.2. The second kappa shape index (κ2) is 7.72. The minimum Gasteiger partial charge on any atom is -0.332 e. The average Bonchev–Trinajstić information content (AvgIpc) is 3.09. The van der Waals surface area contributed by atoms with E-state index in [1.54, 1.807) is 12.1 Å². The fourth-order valence-corrected chi connectivity index (χ4v) is 4.40. The molecule has 0 N–H and O–H groups in total. The van der Waals surface area contributed by atoms with Crippen LogP contribution in [0.25, 0.3) is 0 Å². The second-order valence-corrected chi connectivity index (χ2v) is 9.01. The molecule has 27 heavy (non-hydrogen) atoms. The third kappa shape index (κ3) is 4.16. The van der Waals surface area contributed by atoms with Crippen LogP contribution in [0.1, 0.15) is 41.8 Å². The molecule has 2 aromatic rings. The molecule has 1 heterocycles. The SMILES string of the molecule is CCC(C)N(Cc1ccccc1)C(=O)c1ccc2c(c1)CCN2S(C)(=O)=O. The number of nitrogens with zero attached hydrogens (tertiary/aromatic N) is 2. The summed E-state index contributed by atoms with van der Waals surface area (Å²) in [6.45, 7) is 5.12. The van der Waals surface area contributed by atoms with Crippen molar-refractivity contribution in [3.8, 4) is 0 Å². The monoisotopic (exact) mass is 386 g/mol. The molecule has 2 aromatic carbocycles. The van der Waals surface area contributed by atoms with E-state index in [0.717, 1.165) is 17.5 Å². The minimum absolute atomic E-state index is 0.0196. The first-order chi connectivity index (χ1) is 12.8. The molecule has 0 aliphatic carbocycles. The first-order valence-electron chi connectivity index (χ1n) is 9.26. The van der Waals surface area contributed by atoms with Gasteiger partial charge in [0.05, 0.1) is 11.9 Å². The standard InChI is InChI=1S/C21H26N2O3S/c1-4-16(2)22(15-17-8-6-5-7-9-17)21(24)19-10-11-20-18(14-19)12-13-23(20)27(3,25)26/h5-11,14,16H,4,12-13,15H2,1-3H3. The van der Waals surface area contributed by atoms with Crippen LogP contribution in [0, 0.1) is 0 Å². The Labute approximate surface area is 161 Å². The van der Waals surface area contributed by atoms with Crippen molar-refractivity contribution in [1.29, 1.82) is 0 Å². The molecule has 0 spiro atoms. The molecule has 1 aliphatic heterocycles. The lowest BCUT2D eigenvalue weighted by Gasteiger charge is -2.29. The molecule has 1 aliphatic rings. The van der Waals surface area contributed by atoms with Crippen LogP contribution in [0.4, 0.5) is 5.69 Å². The number of amides is 1.